The second-order valence-corrected chi connectivity index (χ2v) is 7.17. The normalized spacial score (nSPS) is 12.2. The van der Waals surface area contributed by atoms with E-state index in [4.69, 9.17) is 0 Å². The first-order chi connectivity index (χ1) is 8.43. The summed E-state index contributed by atoms with van der Waals surface area (Å²) in [6.07, 6.45) is 3.16. The van der Waals surface area contributed by atoms with E-state index in [0.29, 0.717) is 5.69 Å². The molecule has 0 aromatic carbocycles. The van der Waals surface area contributed by atoms with Crippen LogP contribution < -0.4 is 4.72 Å². The van der Waals surface area contributed by atoms with Crippen LogP contribution >= 0.6 is 15.9 Å². The Morgan fingerprint density at radius 1 is 1.44 bits per heavy atom. The SMILES string of the molecule is CC(C)n1ncc2cc(NS(=O)(=O)CBr)cnc21. The second kappa shape index (κ2) is 4.85. The standard InChI is InChI=1S/C10H13BrN4O2S/c1-7(2)15-10-8(4-13-15)3-9(5-12-10)14-18(16,17)6-11/h3-5,7,14H,6H2,1-2H3. The van der Waals surface area contributed by atoms with E-state index in [1.807, 2.05) is 13.8 Å². The highest BCUT2D eigenvalue weighted by molar-refractivity contribution is 9.10. The Hall–Kier alpha value is -1.15. The molecule has 0 atom stereocenters. The van der Waals surface area contributed by atoms with Crippen LogP contribution in [-0.2, 0) is 10.0 Å². The third kappa shape index (κ3) is 2.64. The fourth-order valence-electron chi connectivity index (χ4n) is 1.58. The number of rotatable bonds is 4. The quantitative estimate of drug-likeness (QED) is 0.870. The van der Waals surface area contributed by atoms with E-state index >= 15 is 0 Å². The molecule has 0 aliphatic carbocycles. The van der Waals surface area contributed by atoms with Crippen LogP contribution in [0.15, 0.2) is 18.5 Å². The molecule has 2 aromatic rings. The molecule has 0 amide bonds. The Bertz CT molecular complexity index is 666. The first-order valence-electron chi connectivity index (χ1n) is 5.32. The molecule has 0 spiro atoms. The summed E-state index contributed by atoms with van der Waals surface area (Å²) in [5.74, 6) is 0. The van der Waals surface area contributed by atoms with Gasteiger partial charge in [-0.25, -0.2) is 18.1 Å². The number of pyridine rings is 1. The second-order valence-electron chi connectivity index (χ2n) is 4.15. The molecule has 0 saturated heterocycles. The Labute approximate surface area is 114 Å². The van der Waals surface area contributed by atoms with Crippen LogP contribution in [0.25, 0.3) is 11.0 Å². The fourth-order valence-corrected chi connectivity index (χ4v) is 2.45. The zero-order chi connectivity index (χ0) is 13.3. The smallest absolute Gasteiger partial charge is 0.242 e. The van der Waals surface area contributed by atoms with Crippen molar-refractivity contribution in [1.82, 2.24) is 14.8 Å². The van der Waals surface area contributed by atoms with E-state index in [1.54, 1.807) is 16.9 Å². The number of anilines is 1. The van der Waals surface area contributed by atoms with Crippen molar-refractivity contribution in [3.8, 4) is 0 Å². The van der Waals surface area contributed by atoms with E-state index in [1.165, 1.54) is 6.20 Å². The maximum absolute atomic E-state index is 11.4. The predicted octanol–water partition coefficient (Wildman–Crippen LogP) is 2.11. The number of nitrogens with zero attached hydrogens (tertiary/aromatic N) is 3. The summed E-state index contributed by atoms with van der Waals surface area (Å²) in [5, 5.41) is 5.02. The molecule has 1 N–H and O–H groups in total. The number of fused-ring (bicyclic) bond motifs is 1. The molecule has 0 fully saturated rings. The van der Waals surface area contributed by atoms with Gasteiger partial charge in [-0.3, -0.25) is 4.72 Å². The lowest BCUT2D eigenvalue weighted by molar-refractivity contribution is 0.546. The summed E-state index contributed by atoms with van der Waals surface area (Å²) in [4.78, 5) is 4.24. The number of sulfonamides is 1. The topological polar surface area (TPSA) is 76.9 Å². The number of hydrogen-bond donors (Lipinski definition) is 1. The number of aromatic nitrogens is 3. The third-order valence-electron chi connectivity index (χ3n) is 2.34. The van der Waals surface area contributed by atoms with Crippen LogP contribution in [-0.4, -0.2) is 27.8 Å². The van der Waals surface area contributed by atoms with Crippen molar-refractivity contribution >= 4 is 42.7 Å². The molecule has 8 heteroatoms. The summed E-state index contributed by atoms with van der Waals surface area (Å²) in [6.45, 7) is 4.02. The molecule has 0 unspecified atom stereocenters. The lowest BCUT2D eigenvalue weighted by Gasteiger charge is -2.07. The summed E-state index contributed by atoms with van der Waals surface area (Å²) >= 11 is 2.91. The lowest BCUT2D eigenvalue weighted by atomic mass is 10.3. The zero-order valence-corrected chi connectivity index (χ0v) is 12.4. The molecule has 0 bridgehead atoms. The van der Waals surface area contributed by atoms with Crippen molar-refractivity contribution in [1.29, 1.82) is 0 Å². The highest BCUT2D eigenvalue weighted by Gasteiger charge is 2.11. The Morgan fingerprint density at radius 3 is 2.78 bits per heavy atom. The Balaban J connectivity index is 2.41. The van der Waals surface area contributed by atoms with Gasteiger partial charge in [-0.2, -0.15) is 5.10 Å². The minimum absolute atomic E-state index is 0.150. The van der Waals surface area contributed by atoms with Gasteiger partial charge in [0.25, 0.3) is 0 Å². The van der Waals surface area contributed by atoms with Gasteiger partial charge in [0, 0.05) is 11.4 Å². The maximum Gasteiger partial charge on any atom is 0.242 e. The van der Waals surface area contributed by atoms with Gasteiger partial charge in [0.05, 0.1) is 18.1 Å². The van der Waals surface area contributed by atoms with E-state index < -0.39 is 10.0 Å². The van der Waals surface area contributed by atoms with Crippen LogP contribution in [0.3, 0.4) is 0 Å². The van der Waals surface area contributed by atoms with Crippen molar-refractivity contribution in [2.45, 2.75) is 19.9 Å². The van der Waals surface area contributed by atoms with Crippen molar-refractivity contribution in [3.05, 3.63) is 18.5 Å². The molecular formula is C10H13BrN4O2S. The van der Waals surface area contributed by atoms with Gasteiger partial charge >= 0.3 is 0 Å². The monoisotopic (exact) mass is 332 g/mol. The van der Waals surface area contributed by atoms with Crippen molar-refractivity contribution in [2.75, 3.05) is 9.38 Å². The number of hydrogen-bond acceptors (Lipinski definition) is 4. The van der Waals surface area contributed by atoms with Crippen molar-refractivity contribution < 1.29 is 8.42 Å². The molecule has 2 rings (SSSR count). The van der Waals surface area contributed by atoms with Gasteiger partial charge in [0.15, 0.2) is 5.65 Å². The average molecular weight is 333 g/mol. The molecule has 98 valence electrons. The number of halogens is 1. The summed E-state index contributed by atoms with van der Waals surface area (Å²) in [6, 6.07) is 1.93. The van der Waals surface area contributed by atoms with Gasteiger partial charge in [-0.05, 0) is 19.9 Å². The van der Waals surface area contributed by atoms with Crippen LogP contribution in [0.4, 0.5) is 5.69 Å². The fraction of sp³-hybridized carbons (Fsp3) is 0.400. The first kappa shape index (κ1) is 13.3. The molecule has 6 nitrogen and oxygen atoms in total. The van der Waals surface area contributed by atoms with Gasteiger partial charge < -0.3 is 0 Å². The number of nitrogens with one attached hydrogen (secondary N) is 1. The van der Waals surface area contributed by atoms with Crippen LogP contribution in [0.2, 0.25) is 0 Å². The third-order valence-corrected chi connectivity index (χ3v) is 4.98. The average Bonchev–Trinajstić information content (AvgIpc) is 2.71. The maximum atomic E-state index is 11.4. The number of alkyl halides is 1. The van der Waals surface area contributed by atoms with Gasteiger partial charge in [-0.1, -0.05) is 15.9 Å². The van der Waals surface area contributed by atoms with E-state index in [0.717, 1.165) is 11.0 Å². The molecule has 0 aliphatic rings. The van der Waals surface area contributed by atoms with E-state index in [-0.39, 0.29) is 10.7 Å². The van der Waals surface area contributed by atoms with Crippen LogP contribution in [0.1, 0.15) is 19.9 Å². The van der Waals surface area contributed by atoms with Gasteiger partial charge in [-0.15, -0.1) is 0 Å². The Kier molecular flexibility index (Phi) is 3.58. The van der Waals surface area contributed by atoms with Crippen LogP contribution in [0, 0.1) is 0 Å². The minimum atomic E-state index is -3.35. The zero-order valence-electron chi connectivity index (χ0n) is 9.96. The molecule has 0 radical (unpaired) electrons. The predicted molar refractivity (Wildman–Crippen MR) is 74.2 cm³/mol. The highest BCUT2D eigenvalue weighted by atomic mass is 79.9. The largest absolute Gasteiger partial charge is 0.281 e. The molecule has 0 saturated carbocycles. The molecule has 2 heterocycles. The minimum Gasteiger partial charge on any atom is -0.281 e. The molecule has 0 aliphatic heterocycles. The lowest BCUT2D eigenvalue weighted by Crippen LogP contribution is -2.13. The van der Waals surface area contributed by atoms with E-state index in [2.05, 4.69) is 30.7 Å². The summed E-state index contributed by atoms with van der Waals surface area (Å²) < 4.78 is 26.9. The summed E-state index contributed by atoms with van der Waals surface area (Å²) in [5.41, 5.74) is 1.18. The molecule has 18 heavy (non-hydrogen) atoms. The Morgan fingerprint density at radius 2 is 2.17 bits per heavy atom. The highest BCUT2D eigenvalue weighted by Crippen LogP contribution is 2.19. The first-order valence-corrected chi connectivity index (χ1v) is 8.10. The van der Waals surface area contributed by atoms with Gasteiger partial charge in [0.1, 0.15) is 4.66 Å². The molecule has 2 aromatic heterocycles. The molecular weight excluding hydrogens is 320 g/mol. The van der Waals surface area contributed by atoms with E-state index in [9.17, 15) is 8.42 Å². The van der Waals surface area contributed by atoms with Crippen molar-refractivity contribution in [3.63, 3.8) is 0 Å². The summed E-state index contributed by atoms with van der Waals surface area (Å²) in [7, 11) is -3.35. The van der Waals surface area contributed by atoms with Crippen LogP contribution in [0.5, 0.6) is 0 Å². The van der Waals surface area contributed by atoms with Gasteiger partial charge in [0.2, 0.25) is 10.0 Å². The van der Waals surface area contributed by atoms with Crippen molar-refractivity contribution in [2.24, 2.45) is 0 Å².